The van der Waals surface area contributed by atoms with Gasteiger partial charge in [-0.3, -0.25) is 14.8 Å². The third-order valence-electron chi connectivity index (χ3n) is 4.16. The molecule has 0 aliphatic carbocycles. The first-order valence-electron chi connectivity index (χ1n) is 9.53. The molecular formula is C21H27N3O4. The fourth-order valence-corrected chi connectivity index (χ4v) is 2.60. The zero-order chi connectivity index (χ0) is 20.0. The summed E-state index contributed by atoms with van der Waals surface area (Å²) >= 11 is 0. The molecule has 0 bridgehead atoms. The third kappa shape index (κ3) is 8.16. The molecule has 0 aliphatic rings. The van der Waals surface area contributed by atoms with Crippen molar-refractivity contribution in [1.29, 1.82) is 0 Å². The number of methoxy groups -OCH3 is 1. The van der Waals surface area contributed by atoms with Crippen LogP contribution in [-0.2, 0) is 20.9 Å². The van der Waals surface area contributed by atoms with E-state index in [1.807, 2.05) is 30.3 Å². The fraction of sp³-hybridized carbons (Fsp3) is 0.429. The molecule has 2 aromatic heterocycles. The van der Waals surface area contributed by atoms with Crippen molar-refractivity contribution in [1.82, 2.24) is 15.3 Å². The molecule has 0 unspecified atom stereocenters. The summed E-state index contributed by atoms with van der Waals surface area (Å²) in [4.78, 5) is 31.3. The lowest BCUT2D eigenvalue weighted by Gasteiger charge is -2.06. The predicted molar refractivity (Wildman–Crippen MR) is 105 cm³/mol. The number of esters is 1. The summed E-state index contributed by atoms with van der Waals surface area (Å²) in [5, 5.41) is 2.64. The first-order chi connectivity index (χ1) is 13.7. The van der Waals surface area contributed by atoms with E-state index in [0.29, 0.717) is 13.0 Å². The number of carbonyl (C=O) groups excluding carboxylic acids is 2. The van der Waals surface area contributed by atoms with Crippen molar-refractivity contribution >= 4 is 12.1 Å². The Bertz CT molecular complexity index is 720. The van der Waals surface area contributed by atoms with Gasteiger partial charge in [0, 0.05) is 30.9 Å². The number of hydrogen-bond donors (Lipinski definition) is 1. The van der Waals surface area contributed by atoms with E-state index in [1.165, 1.54) is 7.11 Å². The second-order valence-corrected chi connectivity index (χ2v) is 6.36. The first kappa shape index (κ1) is 21.3. The van der Waals surface area contributed by atoms with Gasteiger partial charge >= 0.3 is 12.1 Å². The Labute approximate surface area is 165 Å². The van der Waals surface area contributed by atoms with Crippen molar-refractivity contribution in [3.63, 3.8) is 0 Å². The quantitative estimate of drug-likeness (QED) is 0.466. The Morgan fingerprint density at radius 2 is 1.75 bits per heavy atom. The van der Waals surface area contributed by atoms with E-state index >= 15 is 0 Å². The molecule has 0 fully saturated rings. The van der Waals surface area contributed by atoms with Gasteiger partial charge in [-0.1, -0.05) is 31.4 Å². The lowest BCUT2D eigenvalue weighted by molar-refractivity contribution is -0.145. The van der Waals surface area contributed by atoms with Crippen LogP contribution >= 0.6 is 0 Å². The minimum absolute atomic E-state index is 0.193. The maximum Gasteiger partial charge on any atom is 0.406 e. The molecule has 7 nitrogen and oxygen atoms in total. The SMILES string of the molecule is COC(=O)NCCCCCCCC(=O)OCc1ccc(-c2ccccn2)nc1. The van der Waals surface area contributed by atoms with E-state index in [9.17, 15) is 9.59 Å². The Morgan fingerprint density at radius 3 is 2.46 bits per heavy atom. The van der Waals surface area contributed by atoms with Crippen LogP contribution in [0.15, 0.2) is 42.7 Å². The Hall–Kier alpha value is -2.96. The van der Waals surface area contributed by atoms with E-state index in [0.717, 1.165) is 49.1 Å². The van der Waals surface area contributed by atoms with E-state index in [2.05, 4.69) is 20.0 Å². The van der Waals surface area contributed by atoms with Crippen LogP contribution < -0.4 is 5.32 Å². The van der Waals surface area contributed by atoms with Gasteiger partial charge in [0.25, 0.3) is 0 Å². The lowest BCUT2D eigenvalue weighted by atomic mass is 10.1. The second kappa shape index (κ2) is 12.4. The van der Waals surface area contributed by atoms with E-state index in [4.69, 9.17) is 4.74 Å². The van der Waals surface area contributed by atoms with E-state index in [-0.39, 0.29) is 12.6 Å². The van der Waals surface area contributed by atoms with Crippen LogP contribution in [0.4, 0.5) is 4.79 Å². The molecule has 0 atom stereocenters. The number of unbranched alkanes of at least 4 members (excludes halogenated alkanes) is 4. The highest BCUT2D eigenvalue weighted by molar-refractivity contribution is 5.69. The van der Waals surface area contributed by atoms with Gasteiger partial charge in [0.05, 0.1) is 18.5 Å². The number of carbonyl (C=O) groups is 2. The van der Waals surface area contributed by atoms with Gasteiger partial charge in [-0.15, -0.1) is 0 Å². The van der Waals surface area contributed by atoms with Crippen LogP contribution in [0, 0.1) is 0 Å². The van der Waals surface area contributed by atoms with Gasteiger partial charge in [-0.05, 0) is 31.0 Å². The standard InChI is InChI=1S/C21H27N3O4/c1-27-21(26)23-14-7-4-2-3-5-10-20(25)28-16-17-11-12-19(24-15-17)18-9-6-8-13-22-18/h6,8-9,11-13,15H,2-5,7,10,14,16H2,1H3,(H,23,26). The van der Waals surface area contributed by atoms with E-state index in [1.54, 1.807) is 12.4 Å². The van der Waals surface area contributed by atoms with Crippen LogP contribution in [0.5, 0.6) is 0 Å². The molecule has 0 radical (unpaired) electrons. The maximum atomic E-state index is 11.8. The average Bonchev–Trinajstić information content (AvgIpc) is 2.75. The monoisotopic (exact) mass is 385 g/mol. The summed E-state index contributed by atoms with van der Waals surface area (Å²) in [7, 11) is 1.35. The number of alkyl carbamates (subject to hydrolysis) is 1. The Kier molecular flexibility index (Phi) is 9.47. The first-order valence-corrected chi connectivity index (χ1v) is 9.53. The number of nitrogens with one attached hydrogen (secondary N) is 1. The number of aromatic nitrogens is 2. The molecule has 28 heavy (non-hydrogen) atoms. The van der Waals surface area contributed by atoms with Crippen molar-refractivity contribution in [3.05, 3.63) is 48.3 Å². The number of hydrogen-bond acceptors (Lipinski definition) is 6. The maximum absolute atomic E-state index is 11.8. The zero-order valence-electron chi connectivity index (χ0n) is 16.2. The van der Waals surface area contributed by atoms with Crippen LogP contribution in [0.25, 0.3) is 11.4 Å². The molecule has 7 heteroatoms. The molecule has 0 aromatic carbocycles. The van der Waals surface area contributed by atoms with Crippen LogP contribution in [0.3, 0.4) is 0 Å². The Balaban J connectivity index is 1.54. The number of pyridine rings is 2. The van der Waals surface area contributed by atoms with Gasteiger partial charge in [-0.2, -0.15) is 0 Å². The average molecular weight is 385 g/mol. The van der Waals surface area contributed by atoms with Crippen molar-refractivity contribution in [3.8, 4) is 11.4 Å². The molecule has 2 aromatic rings. The molecule has 2 rings (SSSR count). The highest BCUT2D eigenvalue weighted by Gasteiger charge is 2.05. The third-order valence-corrected chi connectivity index (χ3v) is 4.16. The highest BCUT2D eigenvalue weighted by atomic mass is 16.5. The summed E-state index contributed by atoms with van der Waals surface area (Å²) in [6.45, 7) is 0.843. The van der Waals surface area contributed by atoms with Crippen molar-refractivity contribution in [2.24, 2.45) is 0 Å². The second-order valence-electron chi connectivity index (χ2n) is 6.36. The normalized spacial score (nSPS) is 10.3. The number of rotatable bonds is 11. The molecule has 0 aliphatic heterocycles. The van der Waals surface area contributed by atoms with Crippen LogP contribution in [-0.4, -0.2) is 35.7 Å². The van der Waals surface area contributed by atoms with Crippen LogP contribution in [0.2, 0.25) is 0 Å². The summed E-state index contributed by atoms with van der Waals surface area (Å²) in [6, 6.07) is 9.45. The predicted octanol–water partition coefficient (Wildman–Crippen LogP) is 3.88. The van der Waals surface area contributed by atoms with Gasteiger partial charge in [0.2, 0.25) is 0 Å². The summed E-state index contributed by atoms with van der Waals surface area (Å²) in [5.74, 6) is -0.193. The smallest absolute Gasteiger partial charge is 0.406 e. The van der Waals surface area contributed by atoms with Gasteiger partial charge in [-0.25, -0.2) is 4.79 Å². The molecule has 0 saturated carbocycles. The number of ether oxygens (including phenoxy) is 2. The molecule has 2 heterocycles. The molecule has 0 saturated heterocycles. The summed E-state index contributed by atoms with van der Waals surface area (Å²) < 4.78 is 9.80. The molecule has 1 N–H and O–H groups in total. The highest BCUT2D eigenvalue weighted by Crippen LogP contribution is 2.14. The Morgan fingerprint density at radius 1 is 0.964 bits per heavy atom. The van der Waals surface area contributed by atoms with E-state index < -0.39 is 6.09 Å². The largest absolute Gasteiger partial charge is 0.461 e. The van der Waals surface area contributed by atoms with Gasteiger partial charge in [0.15, 0.2) is 0 Å². The zero-order valence-corrected chi connectivity index (χ0v) is 16.2. The minimum Gasteiger partial charge on any atom is -0.461 e. The van der Waals surface area contributed by atoms with Crippen molar-refractivity contribution in [2.45, 2.75) is 45.1 Å². The van der Waals surface area contributed by atoms with Gasteiger partial charge < -0.3 is 14.8 Å². The topological polar surface area (TPSA) is 90.4 Å². The minimum atomic E-state index is -0.399. The number of nitrogens with zero attached hydrogens (tertiary/aromatic N) is 2. The number of amides is 1. The summed E-state index contributed by atoms with van der Waals surface area (Å²) in [5.41, 5.74) is 2.45. The molecular weight excluding hydrogens is 358 g/mol. The lowest BCUT2D eigenvalue weighted by Crippen LogP contribution is -2.23. The van der Waals surface area contributed by atoms with Gasteiger partial charge in [0.1, 0.15) is 6.61 Å². The molecule has 0 spiro atoms. The molecule has 150 valence electrons. The van der Waals surface area contributed by atoms with Crippen molar-refractivity contribution < 1.29 is 19.1 Å². The molecule has 1 amide bonds. The summed E-state index contributed by atoms with van der Waals surface area (Å²) in [6.07, 6.45) is 8.16. The fourth-order valence-electron chi connectivity index (χ4n) is 2.60. The van der Waals surface area contributed by atoms with Crippen LogP contribution in [0.1, 0.15) is 44.1 Å². The van der Waals surface area contributed by atoms with Crippen molar-refractivity contribution in [2.75, 3.05) is 13.7 Å².